The summed E-state index contributed by atoms with van der Waals surface area (Å²) in [5, 5.41) is 5.13. The fourth-order valence-corrected chi connectivity index (χ4v) is 2.98. The van der Waals surface area contributed by atoms with Gasteiger partial charge in [0.05, 0.1) is 6.54 Å². The minimum atomic E-state index is -0.695. The molecule has 1 aliphatic rings. The molecule has 27 heavy (non-hydrogen) atoms. The van der Waals surface area contributed by atoms with Crippen molar-refractivity contribution < 1.29 is 13.2 Å². The van der Waals surface area contributed by atoms with Gasteiger partial charge in [0.1, 0.15) is 23.2 Å². The van der Waals surface area contributed by atoms with E-state index in [1.807, 2.05) is 6.07 Å². The van der Waals surface area contributed by atoms with Crippen LogP contribution < -0.4 is 4.90 Å². The van der Waals surface area contributed by atoms with Crippen LogP contribution in [-0.4, -0.2) is 21.3 Å². The van der Waals surface area contributed by atoms with E-state index in [0.29, 0.717) is 17.3 Å². The van der Waals surface area contributed by atoms with E-state index < -0.39 is 17.5 Å². The quantitative estimate of drug-likeness (QED) is 0.638. The predicted octanol–water partition coefficient (Wildman–Crippen LogP) is 5.17. The number of aromatic nitrogens is 3. The molecule has 3 aromatic rings. The molecule has 4 rings (SSSR count). The lowest BCUT2D eigenvalue weighted by Crippen LogP contribution is -2.21. The second-order valence-electron chi connectivity index (χ2n) is 6.78. The third kappa shape index (κ3) is 3.32. The first kappa shape index (κ1) is 17.3. The Kier molecular flexibility index (Phi) is 4.22. The fraction of sp³-hybridized carbons (Fsp3) is 0.200. The van der Waals surface area contributed by atoms with Crippen LogP contribution in [0.1, 0.15) is 25.3 Å². The molecule has 1 aliphatic heterocycles. The van der Waals surface area contributed by atoms with Gasteiger partial charge in [-0.25, -0.2) is 22.8 Å². The lowest BCUT2D eigenvalue weighted by Gasteiger charge is -2.23. The summed E-state index contributed by atoms with van der Waals surface area (Å²) in [6.45, 7) is 4.02. The molecule has 0 spiro atoms. The molecule has 7 heteroatoms. The molecule has 2 aromatic heterocycles. The van der Waals surface area contributed by atoms with Crippen LogP contribution in [0.5, 0.6) is 0 Å². The summed E-state index contributed by atoms with van der Waals surface area (Å²) in [5.41, 5.74) is 2.20. The van der Waals surface area contributed by atoms with E-state index in [1.54, 1.807) is 12.4 Å². The molecule has 3 heterocycles. The lowest BCUT2D eigenvalue weighted by molar-refractivity contribution is 0.577. The van der Waals surface area contributed by atoms with Gasteiger partial charge in [-0.2, -0.15) is 0 Å². The number of nitrogens with zero attached hydrogens (tertiary/aromatic N) is 4. The van der Waals surface area contributed by atoms with Gasteiger partial charge in [0.2, 0.25) is 0 Å². The summed E-state index contributed by atoms with van der Waals surface area (Å²) < 4.78 is 42.9. The zero-order chi connectivity index (χ0) is 19.1. The van der Waals surface area contributed by atoms with Crippen molar-refractivity contribution >= 4 is 16.7 Å². The number of pyridine rings is 1. The number of anilines is 1. The number of hydrogen-bond acceptors (Lipinski definition) is 3. The summed E-state index contributed by atoms with van der Waals surface area (Å²) in [5.74, 6) is -1.47. The molecule has 0 amide bonds. The molecule has 0 saturated heterocycles. The number of fused-ring (bicyclic) bond motifs is 1. The molecule has 0 unspecified atom stereocenters. The monoisotopic (exact) mass is 370 g/mol. The van der Waals surface area contributed by atoms with E-state index in [0.717, 1.165) is 17.0 Å². The van der Waals surface area contributed by atoms with E-state index in [4.69, 9.17) is 0 Å². The highest BCUT2D eigenvalue weighted by Gasteiger charge is 2.17. The van der Waals surface area contributed by atoms with Crippen molar-refractivity contribution in [1.29, 1.82) is 0 Å². The third-order valence-electron chi connectivity index (χ3n) is 4.45. The first-order chi connectivity index (χ1) is 12.9. The van der Waals surface area contributed by atoms with E-state index >= 15 is 0 Å². The Balaban J connectivity index is 1.76. The molecule has 4 nitrogen and oxygen atoms in total. The summed E-state index contributed by atoms with van der Waals surface area (Å²) in [4.78, 5) is 5.71. The van der Waals surface area contributed by atoms with Crippen LogP contribution in [0.4, 0.5) is 18.9 Å². The summed E-state index contributed by atoms with van der Waals surface area (Å²) in [6.07, 6.45) is 5.46. The van der Waals surface area contributed by atoms with Crippen LogP contribution in [0, 0.1) is 5.82 Å². The van der Waals surface area contributed by atoms with Gasteiger partial charge in [0.25, 0.3) is 0 Å². The Morgan fingerprint density at radius 2 is 1.93 bits per heavy atom. The smallest absolute Gasteiger partial charge is 0.181 e. The molecule has 0 aliphatic carbocycles. The molecule has 0 N–H and O–H groups in total. The molecule has 0 saturated carbocycles. The number of halogens is 3. The van der Waals surface area contributed by atoms with E-state index in [1.165, 1.54) is 34.0 Å². The number of rotatable bonds is 3. The van der Waals surface area contributed by atoms with Crippen molar-refractivity contribution in [2.45, 2.75) is 19.8 Å². The van der Waals surface area contributed by atoms with E-state index in [-0.39, 0.29) is 12.2 Å². The van der Waals surface area contributed by atoms with Crippen LogP contribution in [0.2, 0.25) is 0 Å². The molecule has 138 valence electrons. The largest absolute Gasteiger partial charge is 0.338 e. The highest BCUT2D eigenvalue weighted by atomic mass is 19.1. The summed E-state index contributed by atoms with van der Waals surface area (Å²) in [7, 11) is 0. The standard InChI is InChI=1S/C20H17F3N4/c1-12(2)13-5-14-9-27(25-20(14)24-8-13)19-7-17(3-4-18(19)23)26-10-15(21)6-16(22)11-26/h3-10,12H,11H2,1-2H3. The Hall–Kier alpha value is -3.09. The van der Waals surface area contributed by atoms with Crippen LogP contribution in [0.25, 0.3) is 16.7 Å². The molecule has 0 radical (unpaired) electrons. The third-order valence-corrected chi connectivity index (χ3v) is 4.45. The zero-order valence-electron chi connectivity index (χ0n) is 14.8. The summed E-state index contributed by atoms with van der Waals surface area (Å²) >= 11 is 0. The maximum atomic E-state index is 14.4. The van der Waals surface area contributed by atoms with Gasteiger partial charge in [-0.15, -0.1) is 5.10 Å². The van der Waals surface area contributed by atoms with Crippen LogP contribution in [0.15, 0.2) is 60.6 Å². The topological polar surface area (TPSA) is 34.0 Å². The van der Waals surface area contributed by atoms with Gasteiger partial charge in [-0.05, 0) is 35.7 Å². The maximum Gasteiger partial charge on any atom is 0.181 e. The minimum Gasteiger partial charge on any atom is -0.338 e. The normalized spacial score (nSPS) is 14.7. The molecule has 0 atom stereocenters. The lowest BCUT2D eigenvalue weighted by atomic mass is 10.1. The van der Waals surface area contributed by atoms with Crippen LogP contribution >= 0.6 is 0 Å². The number of allylic oxidation sites excluding steroid dienone is 2. The van der Waals surface area contributed by atoms with Gasteiger partial charge < -0.3 is 4.90 Å². The van der Waals surface area contributed by atoms with Gasteiger partial charge in [-0.1, -0.05) is 13.8 Å². The van der Waals surface area contributed by atoms with Crippen LogP contribution in [0.3, 0.4) is 0 Å². The van der Waals surface area contributed by atoms with E-state index in [2.05, 4.69) is 23.9 Å². The SMILES string of the molecule is CC(C)c1cnc2nn(-c3cc(N4C=C(F)C=C(F)C4)ccc3F)cc2c1. The molecule has 1 aromatic carbocycles. The Bertz CT molecular complexity index is 1080. The number of hydrogen-bond donors (Lipinski definition) is 0. The maximum absolute atomic E-state index is 14.4. The zero-order valence-corrected chi connectivity index (χ0v) is 14.8. The van der Waals surface area contributed by atoms with Crippen molar-refractivity contribution in [3.63, 3.8) is 0 Å². The van der Waals surface area contributed by atoms with Crippen molar-refractivity contribution in [2.75, 3.05) is 11.4 Å². The Labute approximate surface area is 154 Å². The first-order valence-corrected chi connectivity index (χ1v) is 8.56. The second-order valence-corrected chi connectivity index (χ2v) is 6.78. The Morgan fingerprint density at radius 3 is 2.67 bits per heavy atom. The second kappa shape index (κ2) is 6.57. The van der Waals surface area contributed by atoms with Crippen molar-refractivity contribution in [2.24, 2.45) is 0 Å². The molecule has 0 fully saturated rings. The first-order valence-electron chi connectivity index (χ1n) is 8.56. The van der Waals surface area contributed by atoms with E-state index in [9.17, 15) is 13.2 Å². The predicted molar refractivity (Wildman–Crippen MR) is 98.6 cm³/mol. The van der Waals surface area contributed by atoms with Crippen molar-refractivity contribution in [3.8, 4) is 5.69 Å². The Morgan fingerprint density at radius 1 is 1.11 bits per heavy atom. The van der Waals surface area contributed by atoms with Gasteiger partial charge in [0.15, 0.2) is 5.65 Å². The minimum absolute atomic E-state index is 0.112. The highest BCUT2D eigenvalue weighted by Crippen LogP contribution is 2.27. The fourth-order valence-electron chi connectivity index (χ4n) is 2.98. The van der Waals surface area contributed by atoms with Crippen LogP contribution in [-0.2, 0) is 0 Å². The van der Waals surface area contributed by atoms with Gasteiger partial charge in [0, 0.05) is 35.7 Å². The molecule has 0 bridgehead atoms. The average Bonchev–Trinajstić information content (AvgIpc) is 3.04. The van der Waals surface area contributed by atoms with Crippen molar-refractivity contribution in [1.82, 2.24) is 14.8 Å². The average molecular weight is 370 g/mol. The van der Waals surface area contributed by atoms with Gasteiger partial charge >= 0.3 is 0 Å². The highest BCUT2D eigenvalue weighted by molar-refractivity contribution is 5.75. The van der Waals surface area contributed by atoms with Gasteiger partial charge in [-0.3, -0.25) is 0 Å². The summed E-state index contributed by atoms with van der Waals surface area (Å²) in [6, 6.07) is 6.21. The molecular formula is C20H17F3N4. The number of benzene rings is 1. The molecular weight excluding hydrogens is 353 g/mol. The van der Waals surface area contributed by atoms with Crippen molar-refractivity contribution in [3.05, 3.63) is 72.0 Å².